The molecule has 0 aliphatic carbocycles. The molecule has 0 aliphatic heterocycles. The van der Waals surface area contributed by atoms with E-state index in [1.165, 1.54) is 6.92 Å². The van der Waals surface area contributed by atoms with Gasteiger partial charge >= 0.3 is 0 Å². The number of aliphatic hydroxyl groups is 2. The first-order valence-electron chi connectivity index (χ1n) is 3.02. The Labute approximate surface area is 65.0 Å². The van der Waals surface area contributed by atoms with E-state index in [1.807, 2.05) is 0 Å². The molecule has 0 saturated carbocycles. The predicted molar refractivity (Wildman–Crippen MR) is 39.9 cm³/mol. The van der Waals surface area contributed by atoms with Crippen molar-refractivity contribution in [3.8, 4) is 0 Å². The van der Waals surface area contributed by atoms with Gasteiger partial charge in [0.25, 0.3) is 0 Å². The summed E-state index contributed by atoms with van der Waals surface area (Å²) in [5.74, 6) is -0.588. The smallest absolute Gasteiger partial charge is 0.221 e. The molecule has 0 saturated heterocycles. The van der Waals surface area contributed by atoms with Crippen molar-refractivity contribution in [2.75, 3.05) is 0 Å². The summed E-state index contributed by atoms with van der Waals surface area (Å²) < 4.78 is 0. The van der Waals surface area contributed by atoms with Gasteiger partial charge in [0.05, 0.1) is 12.6 Å². The fraction of sp³-hybridized carbons (Fsp3) is 0.800. The number of aliphatic hydroxyl groups excluding tert-OH is 2. The number of hydrogen-bond donors (Lipinski definition) is 5. The van der Waals surface area contributed by atoms with Gasteiger partial charge in [0.2, 0.25) is 5.91 Å². The van der Waals surface area contributed by atoms with Gasteiger partial charge in [-0.3, -0.25) is 4.79 Å². The van der Waals surface area contributed by atoms with E-state index in [0.717, 1.165) is 0 Å². The maximum Gasteiger partial charge on any atom is 0.221 e. The van der Waals surface area contributed by atoms with Crippen LogP contribution in [0.4, 0.5) is 0 Å². The van der Waals surface area contributed by atoms with Crippen LogP contribution >= 0.6 is 0 Å². The summed E-state index contributed by atoms with van der Waals surface area (Å²) in [6, 6.07) is 0. The number of carbonyl (C=O) groups is 1. The van der Waals surface area contributed by atoms with Crippen LogP contribution in [-0.4, -0.2) is 28.6 Å². The van der Waals surface area contributed by atoms with Crippen LogP contribution in [0, 0.1) is 0 Å². The maximum atomic E-state index is 9.79. The van der Waals surface area contributed by atoms with Crippen LogP contribution in [0.15, 0.2) is 0 Å². The Morgan fingerprint density at radius 1 is 1.45 bits per heavy atom. The van der Waals surface area contributed by atoms with E-state index < -0.39 is 18.4 Å². The molecule has 6 heteroatoms. The van der Waals surface area contributed by atoms with Crippen molar-refractivity contribution in [1.82, 2.24) is 0 Å². The first kappa shape index (κ1) is 12.9. The third-order valence-corrected chi connectivity index (χ3v) is 0.410. The van der Waals surface area contributed by atoms with Crippen molar-refractivity contribution < 1.29 is 15.0 Å². The van der Waals surface area contributed by atoms with Crippen molar-refractivity contribution in [3.05, 3.63) is 0 Å². The molecule has 0 aromatic carbocycles. The lowest BCUT2D eigenvalue weighted by Gasteiger charge is -1.95. The zero-order chi connectivity index (χ0) is 9.44. The largest absolute Gasteiger partial charge is 0.379 e. The highest BCUT2D eigenvalue weighted by Gasteiger charge is 1.98. The van der Waals surface area contributed by atoms with Gasteiger partial charge in [0.1, 0.15) is 6.23 Å². The fourth-order valence-electron chi connectivity index (χ4n) is 0.206. The molecular formula is C5H15N3O3. The third-order valence-electron chi connectivity index (χ3n) is 0.410. The average Bonchev–Trinajstić information content (AvgIpc) is 1.56. The van der Waals surface area contributed by atoms with E-state index in [2.05, 4.69) is 11.5 Å². The summed E-state index contributed by atoms with van der Waals surface area (Å²) in [5.41, 5.74) is 14.0. The maximum absolute atomic E-state index is 9.79. The van der Waals surface area contributed by atoms with Gasteiger partial charge in [-0.05, 0) is 6.92 Å². The lowest BCUT2D eigenvalue weighted by molar-refractivity contribution is -0.119. The summed E-state index contributed by atoms with van der Waals surface area (Å²) >= 11 is 0. The van der Waals surface area contributed by atoms with Crippen molar-refractivity contribution in [2.24, 2.45) is 17.2 Å². The van der Waals surface area contributed by atoms with Crippen molar-refractivity contribution in [2.45, 2.75) is 25.8 Å². The van der Waals surface area contributed by atoms with Crippen molar-refractivity contribution in [1.29, 1.82) is 0 Å². The van der Waals surface area contributed by atoms with Crippen molar-refractivity contribution in [3.63, 3.8) is 0 Å². The molecule has 0 aliphatic rings. The molecule has 68 valence electrons. The predicted octanol–water partition coefficient (Wildman–Crippen LogP) is -2.58. The number of primary amides is 1. The minimum absolute atomic E-state index is 0.167. The van der Waals surface area contributed by atoms with Gasteiger partial charge in [-0.1, -0.05) is 0 Å². The Hall–Kier alpha value is -0.690. The molecule has 0 bridgehead atoms. The summed E-state index contributed by atoms with van der Waals surface area (Å²) in [5, 5.41) is 16.0. The first-order valence-corrected chi connectivity index (χ1v) is 3.02. The Bertz CT molecular complexity index is 102. The molecule has 0 fully saturated rings. The van der Waals surface area contributed by atoms with E-state index in [-0.39, 0.29) is 6.42 Å². The SMILES string of the molecule is C[C@H](N)O.NC(=O)C[C@H](N)O. The van der Waals surface area contributed by atoms with Gasteiger partial charge in [0.15, 0.2) is 0 Å². The van der Waals surface area contributed by atoms with E-state index in [4.69, 9.17) is 15.9 Å². The van der Waals surface area contributed by atoms with Gasteiger partial charge < -0.3 is 27.4 Å². The molecule has 0 spiro atoms. The highest BCUT2D eigenvalue weighted by molar-refractivity contribution is 5.74. The Kier molecular flexibility index (Phi) is 8.73. The van der Waals surface area contributed by atoms with Gasteiger partial charge in [0, 0.05) is 0 Å². The average molecular weight is 165 g/mol. The molecule has 1 amide bonds. The highest BCUT2D eigenvalue weighted by Crippen LogP contribution is 1.76. The number of amides is 1. The third kappa shape index (κ3) is 45.4. The number of rotatable bonds is 2. The molecule has 8 N–H and O–H groups in total. The summed E-state index contributed by atoms with van der Waals surface area (Å²) in [4.78, 5) is 9.79. The van der Waals surface area contributed by atoms with Gasteiger partial charge in [-0.2, -0.15) is 0 Å². The second kappa shape index (κ2) is 7.42. The zero-order valence-electron chi connectivity index (χ0n) is 6.40. The fourth-order valence-corrected chi connectivity index (χ4v) is 0.206. The molecule has 0 radical (unpaired) electrons. The number of carbonyl (C=O) groups excluding carboxylic acids is 1. The molecule has 0 unspecified atom stereocenters. The summed E-state index contributed by atoms with van der Waals surface area (Å²) in [6.45, 7) is 1.50. The zero-order valence-corrected chi connectivity index (χ0v) is 6.40. The van der Waals surface area contributed by atoms with Crippen LogP contribution < -0.4 is 17.2 Å². The Balaban J connectivity index is 0. The van der Waals surface area contributed by atoms with Crippen LogP contribution in [0.25, 0.3) is 0 Å². The van der Waals surface area contributed by atoms with Crippen LogP contribution in [0.1, 0.15) is 13.3 Å². The number of nitrogens with two attached hydrogens (primary N) is 3. The van der Waals surface area contributed by atoms with Crippen LogP contribution in [0.5, 0.6) is 0 Å². The standard InChI is InChI=1S/C3H8N2O2.C2H7NO/c4-2(6)1-3(5)7;1-2(3)4/h2,6H,1,4H2,(H2,5,7);2,4H,3H2,1H3/t2*2-/m11/s1. The molecule has 0 rings (SSSR count). The first-order chi connectivity index (χ1) is 4.86. The quantitative estimate of drug-likeness (QED) is 0.286. The molecular weight excluding hydrogens is 150 g/mol. The molecule has 2 atom stereocenters. The molecule has 0 heterocycles. The lowest BCUT2D eigenvalue weighted by atomic mass is 10.4. The van der Waals surface area contributed by atoms with E-state index >= 15 is 0 Å². The normalized spacial score (nSPS) is 14.3. The van der Waals surface area contributed by atoms with E-state index in [9.17, 15) is 4.79 Å². The minimum Gasteiger partial charge on any atom is -0.379 e. The van der Waals surface area contributed by atoms with E-state index in [1.54, 1.807) is 0 Å². The van der Waals surface area contributed by atoms with Crippen LogP contribution in [0.3, 0.4) is 0 Å². The summed E-state index contributed by atoms with van der Waals surface area (Å²) in [7, 11) is 0. The molecule has 6 nitrogen and oxygen atoms in total. The second-order valence-corrected chi connectivity index (χ2v) is 1.98. The Morgan fingerprint density at radius 2 is 1.73 bits per heavy atom. The summed E-state index contributed by atoms with van der Waals surface area (Å²) in [6.07, 6.45) is -1.93. The highest BCUT2D eigenvalue weighted by atomic mass is 16.3. The molecule has 11 heavy (non-hydrogen) atoms. The van der Waals surface area contributed by atoms with Crippen LogP contribution in [-0.2, 0) is 4.79 Å². The van der Waals surface area contributed by atoms with Gasteiger partial charge in [-0.15, -0.1) is 0 Å². The van der Waals surface area contributed by atoms with E-state index in [0.29, 0.717) is 0 Å². The second-order valence-electron chi connectivity index (χ2n) is 1.98. The molecule has 0 aromatic rings. The topological polar surface area (TPSA) is 136 Å². The monoisotopic (exact) mass is 165 g/mol. The minimum atomic E-state index is -1.10. The van der Waals surface area contributed by atoms with Crippen molar-refractivity contribution >= 4 is 5.91 Å². The van der Waals surface area contributed by atoms with Gasteiger partial charge in [-0.25, -0.2) is 0 Å². The number of hydrogen-bond acceptors (Lipinski definition) is 5. The molecule has 0 aromatic heterocycles. The lowest BCUT2D eigenvalue weighted by Crippen LogP contribution is -2.26. The Morgan fingerprint density at radius 3 is 1.73 bits per heavy atom. The van der Waals surface area contributed by atoms with Crippen LogP contribution in [0.2, 0.25) is 0 Å².